The first kappa shape index (κ1) is 107. The number of aryl methyl sites for hydroxylation is 13. The molecule has 0 saturated heterocycles. The van der Waals surface area contributed by atoms with E-state index in [4.69, 9.17) is 142 Å². The van der Waals surface area contributed by atoms with Crippen LogP contribution in [0.3, 0.4) is 0 Å². The van der Waals surface area contributed by atoms with E-state index in [1.54, 1.807) is 40.6 Å². The van der Waals surface area contributed by atoms with Gasteiger partial charge in [0, 0.05) is 74.9 Å². The molecule has 0 unspecified atom stereocenters. The molecule has 0 amide bonds. The van der Waals surface area contributed by atoms with Gasteiger partial charge in [-0.1, -0.05) is 188 Å². The number of hydrogen-bond donors (Lipinski definition) is 6. The Balaban J connectivity index is 0.000000215. The highest BCUT2D eigenvalue weighted by atomic mass is 127. The first-order chi connectivity index (χ1) is 62.6. The van der Waals surface area contributed by atoms with Gasteiger partial charge in [-0.25, -0.2) is 4.39 Å². The van der Waals surface area contributed by atoms with Gasteiger partial charge in [-0.05, 0) is 322 Å². The van der Waals surface area contributed by atoms with Gasteiger partial charge in [-0.15, -0.1) is 0 Å². The molecule has 12 aromatic rings. The molecule has 0 aromatic heterocycles. The molecule has 0 radical (unpaired) electrons. The minimum atomic E-state index is -0.353. The summed E-state index contributed by atoms with van der Waals surface area (Å²) in [5.41, 5.74) is 25.3. The third-order valence-corrected chi connectivity index (χ3v) is 23.4. The fourth-order valence-electron chi connectivity index (χ4n) is 12.7. The van der Waals surface area contributed by atoms with E-state index in [2.05, 4.69) is 174 Å². The van der Waals surface area contributed by atoms with E-state index in [1.807, 2.05) is 192 Å². The van der Waals surface area contributed by atoms with Gasteiger partial charge in [-0.3, -0.25) is 0 Å². The Bertz CT molecular complexity index is 5230. The maximum atomic E-state index is 14.1. The molecule has 0 heterocycles. The van der Waals surface area contributed by atoms with Crippen molar-refractivity contribution in [2.75, 3.05) is 74.6 Å². The molecule has 0 aliphatic rings. The number of halogens is 4. The van der Waals surface area contributed by atoms with Crippen molar-refractivity contribution in [3.05, 3.63) is 349 Å². The van der Waals surface area contributed by atoms with E-state index in [-0.39, 0.29) is 22.8 Å². The maximum Gasteiger partial charge on any atom is 0.260 e. The van der Waals surface area contributed by atoms with Crippen molar-refractivity contribution in [1.29, 1.82) is 0 Å². The van der Waals surface area contributed by atoms with Gasteiger partial charge in [0.05, 0.1) is 48.3 Å². The summed E-state index contributed by atoms with van der Waals surface area (Å²) in [6, 6.07) is 72.6. The molecule has 28 heteroatoms. The van der Waals surface area contributed by atoms with Crippen LogP contribution < -0.4 is 60.3 Å². The zero-order valence-corrected chi connectivity index (χ0v) is 86.4. The molecule has 0 fully saturated rings. The average Bonchev–Trinajstić information content (AvgIpc) is 0.849. The Hall–Kier alpha value is -11.0. The quantitative estimate of drug-likeness (QED) is 0.0248. The van der Waals surface area contributed by atoms with Gasteiger partial charge in [-0.2, -0.15) is 0 Å². The Morgan fingerprint density at radius 3 is 0.908 bits per heavy atom. The van der Waals surface area contributed by atoms with Crippen molar-refractivity contribution < 1.29 is 61.2 Å². The Labute approximate surface area is 830 Å². The number of anilines is 6. The second-order valence-corrected chi connectivity index (χ2v) is 34.5. The summed E-state index contributed by atoms with van der Waals surface area (Å²) < 4.78 is 81.6. The van der Waals surface area contributed by atoms with Gasteiger partial charge in [0.25, 0.3) is 31.0 Å². The summed E-state index contributed by atoms with van der Waals surface area (Å²) in [5.74, 6) is 4.78. The first-order valence-corrected chi connectivity index (χ1v) is 45.9. The van der Waals surface area contributed by atoms with Crippen LogP contribution in [-0.2, 0) is 68.1 Å². The molecule has 18 nitrogen and oxygen atoms in total. The van der Waals surface area contributed by atoms with E-state index in [0.717, 1.165) is 143 Å². The highest BCUT2D eigenvalue weighted by molar-refractivity contribution is 14.1. The Kier molecular flexibility index (Phi) is 45.2. The van der Waals surface area contributed by atoms with Crippen LogP contribution in [0, 0.1) is 99.4 Å². The van der Waals surface area contributed by atoms with Crippen molar-refractivity contribution in [3.8, 4) is 34.5 Å². The van der Waals surface area contributed by atoms with Crippen molar-refractivity contribution in [2.24, 2.45) is 0 Å². The third kappa shape index (κ3) is 35.6. The predicted octanol–water partition coefficient (Wildman–Crippen LogP) is 27.8. The molecule has 0 atom stereocenters. The molecule has 131 heavy (non-hydrogen) atoms. The SMILES string of the molecule is COC(=S)Nc1cccc(Br)c1COc1ccc(C)cc1C.COC(=S)Nc1cccc(C)c1COc1ccc(C)cc1C.COC(=S)Nc1cccc(Cl)c1COc1ccc(C)cc1C.COC(=S)Nc1cccc(F)c1COc1ccc(C)cc1C.COC(=S)Nc1cccc(I)c1COc1ccc(C)cc1C.COC(=S)Nc1ccccc1COc1ccc(C)cc1C. The van der Waals surface area contributed by atoms with Crippen LogP contribution in [-0.4, -0.2) is 73.7 Å². The van der Waals surface area contributed by atoms with Crippen LogP contribution >= 0.6 is 123 Å². The minimum absolute atomic E-state index is 0.102. The van der Waals surface area contributed by atoms with Crippen LogP contribution in [0.4, 0.5) is 38.5 Å². The number of nitrogens with one attached hydrogen (secondary N) is 6. The minimum Gasteiger partial charge on any atom is -0.489 e. The van der Waals surface area contributed by atoms with Gasteiger partial charge < -0.3 is 88.7 Å². The third-order valence-electron chi connectivity index (χ3n) is 19.7. The molecule has 6 N–H and O–H groups in total. The lowest BCUT2D eigenvalue weighted by atomic mass is 10.1. The molecular formula is C103H112BrClFIN6O12S6. The molecular weight excluding hydrogens is 1970 g/mol. The molecule has 690 valence electrons. The lowest BCUT2D eigenvalue weighted by Gasteiger charge is -2.16. The number of methoxy groups -OCH3 is 6. The average molecular weight is 2080 g/mol. The summed E-state index contributed by atoms with van der Waals surface area (Å²) in [6.45, 7) is 28.9. The zero-order valence-electron chi connectivity index (χ0n) is 77.0. The zero-order chi connectivity index (χ0) is 95.8. The van der Waals surface area contributed by atoms with Gasteiger partial charge in [0.1, 0.15) is 80.0 Å². The monoisotopic (exact) mass is 2080 g/mol. The van der Waals surface area contributed by atoms with E-state index >= 15 is 0 Å². The number of para-hydroxylation sites is 1. The molecule has 0 saturated carbocycles. The maximum absolute atomic E-state index is 14.1. The van der Waals surface area contributed by atoms with Gasteiger partial charge >= 0.3 is 0 Å². The lowest BCUT2D eigenvalue weighted by Crippen LogP contribution is -2.14. The summed E-state index contributed by atoms with van der Waals surface area (Å²) in [7, 11) is 9.17. The fraction of sp³-hybridized carbons (Fsp3) is 0.243. The standard InChI is InChI=1S/C18H21NO2S.C17H18BrNO2S.C17H18ClNO2S.C17H18FNO2S.C17H18INO2S.C17H19NO2S/c1-12-8-9-17(14(3)10-12)21-11-15-13(2)6-5-7-16(15)19-18(22)20-4;4*1-11-7-8-16(12(2)9-11)21-10-13-14(18)5-4-6-15(13)19-17(22)20-3;1-12-8-9-16(13(2)10-12)20-11-14-6-4-5-7-15(14)18-17(21)19-3/h5-10H,11H2,1-4H3,(H,19,22);4*4-9H,10H2,1-3H3,(H,19,22);4-10H,11H2,1-3H3,(H,18,21). The van der Waals surface area contributed by atoms with Gasteiger partial charge in [0.15, 0.2) is 0 Å². The van der Waals surface area contributed by atoms with Crippen molar-refractivity contribution in [2.45, 2.75) is 130 Å². The van der Waals surface area contributed by atoms with Crippen LogP contribution in [0.5, 0.6) is 34.5 Å². The highest BCUT2D eigenvalue weighted by Crippen LogP contribution is 2.34. The molecule has 0 aliphatic heterocycles. The predicted molar refractivity (Wildman–Crippen MR) is 570 cm³/mol. The molecule has 0 bridgehead atoms. The Morgan fingerprint density at radius 2 is 0.542 bits per heavy atom. The van der Waals surface area contributed by atoms with Crippen LogP contribution in [0.25, 0.3) is 0 Å². The molecule has 0 aliphatic carbocycles. The van der Waals surface area contributed by atoms with Gasteiger partial charge in [0.2, 0.25) is 0 Å². The largest absolute Gasteiger partial charge is 0.489 e. The smallest absolute Gasteiger partial charge is 0.260 e. The first-order valence-electron chi connectivity index (χ1n) is 41.2. The number of rotatable bonds is 24. The summed E-state index contributed by atoms with van der Waals surface area (Å²) in [4.78, 5) is 0. The number of thiocarbonyl (C=S) groups is 6. The number of ether oxygens (including phenoxy) is 12. The summed E-state index contributed by atoms with van der Waals surface area (Å²) in [6.07, 6.45) is 0. The number of hydrogen-bond acceptors (Lipinski definition) is 18. The normalized spacial score (nSPS) is 10.2. The molecule has 12 rings (SSSR count). The van der Waals surface area contributed by atoms with E-state index in [9.17, 15) is 4.39 Å². The van der Waals surface area contributed by atoms with E-state index < -0.39 is 0 Å². The van der Waals surface area contributed by atoms with E-state index in [0.29, 0.717) is 70.0 Å². The van der Waals surface area contributed by atoms with Crippen LogP contribution in [0.15, 0.2) is 229 Å². The second-order valence-electron chi connectivity index (χ2n) is 29.9. The van der Waals surface area contributed by atoms with Crippen LogP contribution in [0.1, 0.15) is 106 Å². The lowest BCUT2D eigenvalue weighted by molar-refractivity contribution is 0.298. The Morgan fingerprint density at radius 1 is 0.282 bits per heavy atom. The van der Waals surface area contributed by atoms with Crippen molar-refractivity contribution in [3.63, 3.8) is 0 Å². The molecule has 0 spiro atoms. The van der Waals surface area contributed by atoms with E-state index in [1.165, 1.54) is 48.1 Å². The topological polar surface area (TPSA) is 183 Å². The second kappa shape index (κ2) is 55.4. The fourth-order valence-corrected chi connectivity index (χ4v) is 14.7. The number of benzene rings is 12. The van der Waals surface area contributed by atoms with Crippen LogP contribution in [0.2, 0.25) is 5.02 Å². The highest BCUT2D eigenvalue weighted by Gasteiger charge is 2.18. The summed E-state index contributed by atoms with van der Waals surface area (Å²) >= 11 is 42.4. The van der Waals surface area contributed by atoms with Crippen molar-refractivity contribution in [1.82, 2.24) is 0 Å². The van der Waals surface area contributed by atoms with Crippen molar-refractivity contribution >= 4 is 189 Å². The molecule has 12 aromatic carbocycles. The summed E-state index contributed by atoms with van der Waals surface area (Å²) in [5, 5.41) is 20.6.